The molecule has 0 unspecified atom stereocenters. The van der Waals surface area contributed by atoms with Crippen LogP contribution in [-0.4, -0.2) is 19.7 Å². The summed E-state index contributed by atoms with van der Waals surface area (Å²) in [5, 5.41) is 3.14. The third-order valence-corrected chi connectivity index (χ3v) is 2.53. The van der Waals surface area contributed by atoms with E-state index in [1.54, 1.807) is 0 Å². The molecule has 0 saturated carbocycles. The summed E-state index contributed by atoms with van der Waals surface area (Å²) < 4.78 is 5.62. The molecule has 17 heavy (non-hydrogen) atoms. The fraction of sp³-hybridized carbons (Fsp3) is 0.467. The molecule has 0 atom stereocenters. The van der Waals surface area contributed by atoms with E-state index in [0.717, 1.165) is 18.7 Å². The molecule has 0 bridgehead atoms. The van der Waals surface area contributed by atoms with E-state index in [1.807, 2.05) is 33.0 Å². The van der Waals surface area contributed by atoms with Gasteiger partial charge < -0.3 is 10.1 Å². The largest absolute Gasteiger partial charge is 0.491 e. The van der Waals surface area contributed by atoms with Crippen LogP contribution in [0.4, 0.5) is 0 Å². The number of allylic oxidation sites excluding steroid dienone is 1. The van der Waals surface area contributed by atoms with E-state index >= 15 is 0 Å². The van der Waals surface area contributed by atoms with E-state index < -0.39 is 0 Å². The summed E-state index contributed by atoms with van der Waals surface area (Å²) in [6, 6.07) is 8.29. The van der Waals surface area contributed by atoms with Crippen molar-refractivity contribution in [3.05, 3.63) is 35.9 Å². The normalized spacial score (nSPS) is 11.9. The first kappa shape index (κ1) is 13.8. The van der Waals surface area contributed by atoms with Crippen molar-refractivity contribution in [2.75, 3.05) is 13.6 Å². The second kappa shape index (κ2) is 7.13. The van der Waals surface area contributed by atoms with Crippen LogP contribution in [-0.2, 0) is 0 Å². The van der Waals surface area contributed by atoms with Crippen LogP contribution in [0.25, 0.3) is 5.57 Å². The number of ether oxygens (including phenoxy) is 1. The molecular weight excluding hydrogens is 210 g/mol. The fourth-order valence-corrected chi connectivity index (χ4v) is 1.62. The van der Waals surface area contributed by atoms with Gasteiger partial charge in [-0.2, -0.15) is 0 Å². The van der Waals surface area contributed by atoms with Gasteiger partial charge in [-0.3, -0.25) is 0 Å². The molecule has 0 aliphatic rings. The Kier molecular flexibility index (Phi) is 5.78. The van der Waals surface area contributed by atoms with E-state index in [-0.39, 0.29) is 6.10 Å². The molecule has 0 fully saturated rings. The van der Waals surface area contributed by atoms with Crippen LogP contribution in [0, 0.1) is 0 Å². The maximum absolute atomic E-state index is 5.62. The van der Waals surface area contributed by atoms with Crippen molar-refractivity contribution >= 4 is 5.57 Å². The van der Waals surface area contributed by atoms with E-state index in [1.165, 1.54) is 11.1 Å². The van der Waals surface area contributed by atoms with Gasteiger partial charge in [0.05, 0.1) is 6.10 Å². The summed E-state index contributed by atoms with van der Waals surface area (Å²) in [5.41, 5.74) is 2.58. The minimum absolute atomic E-state index is 0.230. The summed E-state index contributed by atoms with van der Waals surface area (Å²) in [4.78, 5) is 0. The summed E-state index contributed by atoms with van der Waals surface area (Å²) in [5.74, 6) is 0.937. The summed E-state index contributed by atoms with van der Waals surface area (Å²) in [7, 11) is 1.97. The van der Waals surface area contributed by atoms with Gasteiger partial charge >= 0.3 is 0 Å². The number of hydrogen-bond donors (Lipinski definition) is 1. The van der Waals surface area contributed by atoms with Gasteiger partial charge in [0.2, 0.25) is 0 Å². The van der Waals surface area contributed by atoms with Gasteiger partial charge in [0, 0.05) is 0 Å². The zero-order chi connectivity index (χ0) is 12.7. The van der Waals surface area contributed by atoms with Crippen molar-refractivity contribution in [3.63, 3.8) is 0 Å². The van der Waals surface area contributed by atoms with Crippen LogP contribution in [0.15, 0.2) is 30.3 Å². The Hall–Kier alpha value is -1.28. The molecule has 1 aromatic carbocycles. The Morgan fingerprint density at radius 2 is 1.94 bits per heavy atom. The molecule has 0 heterocycles. The van der Waals surface area contributed by atoms with E-state index in [0.29, 0.717) is 0 Å². The first-order valence-electron chi connectivity index (χ1n) is 6.22. The molecule has 0 saturated heterocycles. The molecule has 0 spiro atoms. The second-order valence-electron chi connectivity index (χ2n) is 4.47. The summed E-state index contributed by atoms with van der Waals surface area (Å²) in [6.45, 7) is 7.24. The molecule has 0 aromatic heterocycles. The molecule has 0 aliphatic heterocycles. The lowest BCUT2D eigenvalue weighted by Crippen LogP contribution is -2.06. The monoisotopic (exact) mass is 233 g/mol. The molecule has 1 rings (SSSR count). The van der Waals surface area contributed by atoms with E-state index in [9.17, 15) is 0 Å². The lowest BCUT2D eigenvalue weighted by Gasteiger charge is -2.10. The van der Waals surface area contributed by atoms with Gasteiger partial charge in [0.25, 0.3) is 0 Å². The second-order valence-corrected chi connectivity index (χ2v) is 4.47. The third-order valence-electron chi connectivity index (χ3n) is 2.53. The van der Waals surface area contributed by atoms with Crippen molar-refractivity contribution < 1.29 is 4.74 Å². The van der Waals surface area contributed by atoms with Crippen LogP contribution in [0.3, 0.4) is 0 Å². The molecule has 1 N–H and O–H groups in total. The topological polar surface area (TPSA) is 21.3 Å². The van der Waals surface area contributed by atoms with Crippen LogP contribution in [0.2, 0.25) is 0 Å². The van der Waals surface area contributed by atoms with Crippen molar-refractivity contribution in [3.8, 4) is 5.75 Å². The Bertz CT molecular complexity index is 352. The van der Waals surface area contributed by atoms with Gasteiger partial charge in [-0.1, -0.05) is 18.2 Å². The van der Waals surface area contributed by atoms with Crippen molar-refractivity contribution in [1.82, 2.24) is 5.32 Å². The standard InChI is InChI=1S/C15H23NO/c1-12(2)17-15-9-7-14(8-10-15)13(3)6-5-11-16-4/h6-10,12,16H,5,11H2,1-4H3. The van der Waals surface area contributed by atoms with Gasteiger partial charge in [-0.05, 0) is 64.1 Å². The van der Waals surface area contributed by atoms with Crippen molar-refractivity contribution in [2.24, 2.45) is 0 Å². The minimum Gasteiger partial charge on any atom is -0.491 e. The fourth-order valence-electron chi connectivity index (χ4n) is 1.62. The quantitative estimate of drug-likeness (QED) is 0.759. The molecule has 0 aliphatic carbocycles. The highest BCUT2D eigenvalue weighted by Crippen LogP contribution is 2.19. The van der Waals surface area contributed by atoms with Crippen LogP contribution < -0.4 is 10.1 Å². The van der Waals surface area contributed by atoms with E-state index in [2.05, 4.69) is 30.4 Å². The predicted molar refractivity (Wildman–Crippen MR) is 74.4 cm³/mol. The zero-order valence-corrected chi connectivity index (χ0v) is 11.3. The SMILES string of the molecule is CNCCC=C(C)c1ccc(OC(C)C)cc1. The number of nitrogens with one attached hydrogen (secondary N) is 1. The maximum atomic E-state index is 5.62. The summed E-state index contributed by atoms with van der Waals surface area (Å²) >= 11 is 0. The number of rotatable bonds is 6. The van der Waals surface area contributed by atoms with Crippen LogP contribution in [0.5, 0.6) is 5.75 Å². The van der Waals surface area contributed by atoms with Gasteiger partial charge in [-0.25, -0.2) is 0 Å². The van der Waals surface area contributed by atoms with Crippen LogP contribution >= 0.6 is 0 Å². The highest BCUT2D eigenvalue weighted by Gasteiger charge is 1.99. The molecule has 2 heteroatoms. The highest BCUT2D eigenvalue weighted by atomic mass is 16.5. The van der Waals surface area contributed by atoms with Gasteiger partial charge in [-0.15, -0.1) is 0 Å². The Balaban J connectivity index is 2.63. The highest BCUT2D eigenvalue weighted by molar-refractivity contribution is 5.64. The lowest BCUT2D eigenvalue weighted by molar-refractivity contribution is 0.242. The van der Waals surface area contributed by atoms with Crippen molar-refractivity contribution in [1.29, 1.82) is 0 Å². The molecule has 94 valence electrons. The van der Waals surface area contributed by atoms with Gasteiger partial charge in [0.15, 0.2) is 0 Å². The third kappa shape index (κ3) is 5.05. The van der Waals surface area contributed by atoms with Crippen molar-refractivity contribution in [2.45, 2.75) is 33.3 Å². The van der Waals surface area contributed by atoms with Crippen LogP contribution in [0.1, 0.15) is 32.8 Å². The lowest BCUT2D eigenvalue weighted by atomic mass is 10.1. The first-order chi connectivity index (χ1) is 8.13. The zero-order valence-electron chi connectivity index (χ0n) is 11.3. The predicted octanol–water partition coefficient (Wildman–Crippen LogP) is 3.49. The first-order valence-corrected chi connectivity index (χ1v) is 6.22. The van der Waals surface area contributed by atoms with E-state index in [4.69, 9.17) is 4.74 Å². The molecule has 0 radical (unpaired) electrons. The average molecular weight is 233 g/mol. The molecule has 1 aromatic rings. The molecule has 0 amide bonds. The number of hydrogen-bond acceptors (Lipinski definition) is 2. The minimum atomic E-state index is 0.230. The number of benzene rings is 1. The maximum Gasteiger partial charge on any atom is 0.119 e. The Morgan fingerprint density at radius 1 is 1.29 bits per heavy atom. The average Bonchev–Trinajstić information content (AvgIpc) is 2.29. The Morgan fingerprint density at radius 3 is 2.47 bits per heavy atom. The smallest absolute Gasteiger partial charge is 0.119 e. The molecular formula is C15H23NO. The molecule has 2 nitrogen and oxygen atoms in total. The Labute approximate surface area is 105 Å². The van der Waals surface area contributed by atoms with Gasteiger partial charge in [0.1, 0.15) is 5.75 Å². The summed E-state index contributed by atoms with van der Waals surface area (Å²) in [6.07, 6.45) is 3.55.